The fourth-order valence-corrected chi connectivity index (χ4v) is 3.44. The van der Waals surface area contributed by atoms with Gasteiger partial charge in [0.15, 0.2) is 5.11 Å². The third kappa shape index (κ3) is 5.09. The van der Waals surface area contributed by atoms with E-state index in [0.717, 1.165) is 11.1 Å². The van der Waals surface area contributed by atoms with E-state index in [1.807, 2.05) is 26.0 Å². The predicted molar refractivity (Wildman–Crippen MR) is 119 cm³/mol. The number of ether oxygens (including phenoxy) is 2. The highest BCUT2D eigenvalue weighted by Gasteiger charge is 2.30. The Hall–Kier alpha value is -2.64. The highest BCUT2D eigenvalue weighted by atomic mass is 35.5. The molecule has 1 aliphatic rings. The molecule has 1 N–H and O–H groups in total. The number of rotatable bonds is 7. The van der Waals surface area contributed by atoms with E-state index in [-0.39, 0.29) is 17.5 Å². The number of nitrogens with one attached hydrogen (secondary N) is 1. The maximum Gasteiger partial charge on any atom is 0.276 e. The Labute approximate surface area is 185 Å². The summed E-state index contributed by atoms with van der Waals surface area (Å²) in [6, 6.07) is 9.67. The first kappa shape index (κ1) is 22.1. The maximum absolute atomic E-state index is 13.3. The number of halogens is 2. The Morgan fingerprint density at radius 3 is 2.70 bits per heavy atom. The highest BCUT2D eigenvalue weighted by molar-refractivity contribution is 7.80. The zero-order chi connectivity index (χ0) is 21.8. The zero-order valence-electron chi connectivity index (χ0n) is 16.9. The SMILES string of the molecule is COc1ccc(/C=C2/NC(=S)N(CC(C)C)C2=O)cc1COc1ccc(F)c(Cl)c1. The fourth-order valence-electron chi connectivity index (χ4n) is 3.00. The number of carbonyl (C=O) groups is 1. The molecule has 1 amide bonds. The van der Waals surface area contributed by atoms with Gasteiger partial charge in [0.25, 0.3) is 5.91 Å². The van der Waals surface area contributed by atoms with Crippen LogP contribution in [-0.4, -0.2) is 29.6 Å². The summed E-state index contributed by atoms with van der Waals surface area (Å²) < 4.78 is 24.5. The van der Waals surface area contributed by atoms with Crippen LogP contribution in [0.15, 0.2) is 42.1 Å². The molecule has 158 valence electrons. The molecular formula is C22H22ClFN2O3S. The Morgan fingerprint density at radius 2 is 2.03 bits per heavy atom. The van der Waals surface area contributed by atoms with Gasteiger partial charge in [0, 0.05) is 18.2 Å². The number of methoxy groups -OCH3 is 1. The maximum atomic E-state index is 13.3. The molecule has 0 radical (unpaired) electrons. The molecular weight excluding hydrogens is 427 g/mol. The van der Waals surface area contributed by atoms with Crippen LogP contribution in [0.4, 0.5) is 4.39 Å². The van der Waals surface area contributed by atoms with Crippen LogP contribution >= 0.6 is 23.8 Å². The van der Waals surface area contributed by atoms with E-state index in [9.17, 15) is 9.18 Å². The van der Waals surface area contributed by atoms with Gasteiger partial charge >= 0.3 is 0 Å². The molecule has 0 spiro atoms. The van der Waals surface area contributed by atoms with E-state index < -0.39 is 5.82 Å². The van der Waals surface area contributed by atoms with Gasteiger partial charge in [-0.3, -0.25) is 9.69 Å². The molecule has 1 heterocycles. The van der Waals surface area contributed by atoms with Crippen molar-refractivity contribution in [2.24, 2.45) is 5.92 Å². The molecule has 0 unspecified atom stereocenters. The second kappa shape index (κ2) is 9.45. The minimum Gasteiger partial charge on any atom is -0.496 e. The number of benzene rings is 2. The van der Waals surface area contributed by atoms with E-state index in [1.54, 1.807) is 24.2 Å². The Balaban J connectivity index is 1.80. The number of carbonyl (C=O) groups excluding carboxylic acids is 1. The van der Waals surface area contributed by atoms with Crippen molar-refractivity contribution in [1.29, 1.82) is 0 Å². The summed E-state index contributed by atoms with van der Waals surface area (Å²) in [6.07, 6.45) is 1.74. The van der Waals surface area contributed by atoms with Gasteiger partial charge in [-0.25, -0.2) is 4.39 Å². The molecule has 5 nitrogen and oxygen atoms in total. The topological polar surface area (TPSA) is 50.8 Å². The third-order valence-electron chi connectivity index (χ3n) is 4.41. The van der Waals surface area contributed by atoms with Gasteiger partial charge in [-0.05, 0) is 54.0 Å². The van der Waals surface area contributed by atoms with E-state index in [4.69, 9.17) is 33.3 Å². The molecule has 30 heavy (non-hydrogen) atoms. The molecule has 0 aromatic heterocycles. The van der Waals surface area contributed by atoms with Crippen LogP contribution < -0.4 is 14.8 Å². The average molecular weight is 449 g/mol. The molecule has 8 heteroatoms. The van der Waals surface area contributed by atoms with Crippen molar-refractivity contribution in [2.45, 2.75) is 20.5 Å². The zero-order valence-corrected chi connectivity index (χ0v) is 18.4. The molecule has 2 aromatic carbocycles. The second-order valence-electron chi connectivity index (χ2n) is 7.23. The summed E-state index contributed by atoms with van der Waals surface area (Å²) in [4.78, 5) is 14.2. The molecule has 0 aliphatic carbocycles. The molecule has 3 rings (SSSR count). The van der Waals surface area contributed by atoms with Gasteiger partial charge in [0.05, 0.1) is 12.1 Å². The van der Waals surface area contributed by atoms with Crippen molar-refractivity contribution in [3.8, 4) is 11.5 Å². The van der Waals surface area contributed by atoms with Gasteiger partial charge in [-0.2, -0.15) is 0 Å². The van der Waals surface area contributed by atoms with Gasteiger partial charge in [0.2, 0.25) is 0 Å². The highest BCUT2D eigenvalue weighted by Crippen LogP contribution is 2.26. The van der Waals surface area contributed by atoms with E-state index in [1.165, 1.54) is 18.2 Å². The van der Waals surface area contributed by atoms with Gasteiger partial charge in [-0.15, -0.1) is 0 Å². The number of hydrogen-bond acceptors (Lipinski definition) is 4. The number of hydrogen-bond donors (Lipinski definition) is 1. The minimum atomic E-state index is -0.506. The lowest BCUT2D eigenvalue weighted by molar-refractivity contribution is -0.122. The summed E-state index contributed by atoms with van der Waals surface area (Å²) in [6.45, 7) is 4.80. The average Bonchev–Trinajstić information content (AvgIpc) is 2.96. The molecule has 0 saturated carbocycles. The number of amides is 1. The molecule has 0 atom stereocenters. The van der Waals surface area contributed by atoms with Crippen LogP contribution in [0.5, 0.6) is 11.5 Å². The lowest BCUT2D eigenvalue weighted by Crippen LogP contribution is -2.33. The van der Waals surface area contributed by atoms with Crippen molar-refractivity contribution in [3.05, 3.63) is 64.1 Å². The normalized spacial score (nSPS) is 15.1. The van der Waals surface area contributed by atoms with Crippen LogP contribution in [0.2, 0.25) is 5.02 Å². The number of thiocarbonyl (C=S) groups is 1. The Kier molecular flexibility index (Phi) is 6.95. The monoisotopic (exact) mass is 448 g/mol. The number of nitrogens with zero attached hydrogens (tertiary/aromatic N) is 1. The summed E-state index contributed by atoms with van der Waals surface area (Å²) in [5.41, 5.74) is 1.97. The summed E-state index contributed by atoms with van der Waals surface area (Å²) >= 11 is 11.1. The lowest BCUT2D eigenvalue weighted by atomic mass is 10.1. The first-order valence-electron chi connectivity index (χ1n) is 9.37. The predicted octanol–water partition coefficient (Wildman–Crippen LogP) is 4.78. The van der Waals surface area contributed by atoms with Crippen LogP contribution in [0.1, 0.15) is 25.0 Å². The van der Waals surface area contributed by atoms with Crippen molar-refractivity contribution < 1.29 is 18.7 Å². The third-order valence-corrected chi connectivity index (χ3v) is 5.02. The van der Waals surface area contributed by atoms with E-state index in [0.29, 0.717) is 34.8 Å². The lowest BCUT2D eigenvalue weighted by Gasteiger charge is -2.16. The second-order valence-corrected chi connectivity index (χ2v) is 8.03. The first-order chi connectivity index (χ1) is 14.3. The molecule has 1 aliphatic heterocycles. The quantitative estimate of drug-likeness (QED) is 0.488. The van der Waals surface area contributed by atoms with Gasteiger partial charge < -0.3 is 14.8 Å². The standard InChI is InChI=1S/C22H22ClFN2O3S/c1-13(2)11-26-21(27)19(25-22(26)30)9-14-4-7-20(28-3)15(8-14)12-29-16-5-6-18(24)17(23)10-16/h4-10,13H,11-12H2,1-3H3,(H,25,30)/b19-9+. The van der Waals surface area contributed by atoms with E-state index in [2.05, 4.69) is 5.32 Å². The Morgan fingerprint density at radius 1 is 1.27 bits per heavy atom. The van der Waals surface area contributed by atoms with E-state index >= 15 is 0 Å². The molecule has 1 saturated heterocycles. The van der Waals surface area contributed by atoms with Gasteiger partial charge in [0.1, 0.15) is 29.6 Å². The van der Waals surface area contributed by atoms with Crippen LogP contribution in [0.25, 0.3) is 6.08 Å². The van der Waals surface area contributed by atoms with Crippen molar-refractivity contribution in [2.75, 3.05) is 13.7 Å². The van der Waals surface area contributed by atoms with Crippen LogP contribution in [0.3, 0.4) is 0 Å². The largest absolute Gasteiger partial charge is 0.496 e. The van der Waals surface area contributed by atoms with Crippen molar-refractivity contribution >= 4 is 40.9 Å². The molecule has 2 aromatic rings. The summed E-state index contributed by atoms with van der Waals surface area (Å²) in [5.74, 6) is 0.719. The van der Waals surface area contributed by atoms with Crippen LogP contribution in [-0.2, 0) is 11.4 Å². The summed E-state index contributed by atoms with van der Waals surface area (Å²) in [5, 5.41) is 3.38. The molecule has 0 bridgehead atoms. The smallest absolute Gasteiger partial charge is 0.276 e. The van der Waals surface area contributed by atoms with Crippen molar-refractivity contribution in [3.63, 3.8) is 0 Å². The van der Waals surface area contributed by atoms with Crippen molar-refractivity contribution in [1.82, 2.24) is 10.2 Å². The first-order valence-corrected chi connectivity index (χ1v) is 10.2. The van der Waals surface area contributed by atoms with Gasteiger partial charge in [-0.1, -0.05) is 31.5 Å². The molecule has 1 fully saturated rings. The van der Waals surface area contributed by atoms with Crippen LogP contribution in [0, 0.1) is 11.7 Å². The minimum absolute atomic E-state index is 0.00862. The Bertz CT molecular complexity index is 1010. The summed E-state index contributed by atoms with van der Waals surface area (Å²) in [7, 11) is 1.57. The fraction of sp³-hybridized carbons (Fsp3) is 0.273.